The van der Waals surface area contributed by atoms with Crippen LogP contribution in [0.15, 0.2) is 42.5 Å². The van der Waals surface area contributed by atoms with Crippen LogP contribution in [0.3, 0.4) is 0 Å². The molecule has 3 rings (SSSR count). The summed E-state index contributed by atoms with van der Waals surface area (Å²) >= 11 is 0. The molecule has 0 bridgehead atoms. The third-order valence-electron chi connectivity index (χ3n) is 3.90. The Hall–Kier alpha value is -2.89. The van der Waals surface area contributed by atoms with Gasteiger partial charge in [-0.05, 0) is 38.1 Å². The maximum atomic E-state index is 10.8. The summed E-state index contributed by atoms with van der Waals surface area (Å²) in [5.74, 6) is 0.980. The Bertz CT molecular complexity index is 870. The van der Waals surface area contributed by atoms with Gasteiger partial charge in [-0.25, -0.2) is 4.98 Å². The Morgan fingerprint density at radius 1 is 1.22 bits per heavy atom. The maximum Gasteiger partial charge on any atom is 0.272 e. The molecule has 0 aliphatic rings. The van der Waals surface area contributed by atoms with Crippen LogP contribution in [0.2, 0.25) is 0 Å². The van der Waals surface area contributed by atoms with E-state index in [-0.39, 0.29) is 10.6 Å². The number of aryl methyl sites for hydroxylation is 2. The predicted octanol–water partition coefficient (Wildman–Crippen LogP) is 3.67. The fourth-order valence-electron chi connectivity index (χ4n) is 2.76. The number of benzene rings is 2. The summed E-state index contributed by atoms with van der Waals surface area (Å²) in [4.78, 5) is 15.0. The molecule has 1 aromatic heterocycles. The molecule has 0 aliphatic heterocycles. The van der Waals surface area contributed by atoms with E-state index in [9.17, 15) is 10.1 Å². The maximum absolute atomic E-state index is 10.8. The van der Waals surface area contributed by atoms with Crippen molar-refractivity contribution in [2.45, 2.75) is 20.4 Å². The van der Waals surface area contributed by atoms with Crippen LogP contribution in [-0.4, -0.2) is 21.0 Å². The zero-order valence-corrected chi connectivity index (χ0v) is 13.1. The van der Waals surface area contributed by atoms with E-state index in [0.29, 0.717) is 5.56 Å². The lowest BCUT2D eigenvalue weighted by molar-refractivity contribution is -0.385. The molecule has 118 valence electrons. The number of nitro benzene ring substituents is 1. The van der Waals surface area contributed by atoms with Crippen LogP contribution in [0.1, 0.15) is 11.4 Å². The molecule has 0 saturated heterocycles. The average molecular weight is 310 g/mol. The normalized spacial score (nSPS) is 10.9. The van der Waals surface area contributed by atoms with Gasteiger partial charge in [-0.1, -0.05) is 12.1 Å². The minimum atomic E-state index is -0.361. The van der Waals surface area contributed by atoms with Crippen LogP contribution in [-0.2, 0) is 6.54 Å². The van der Waals surface area contributed by atoms with Gasteiger partial charge >= 0.3 is 0 Å². The highest BCUT2D eigenvalue weighted by molar-refractivity contribution is 5.75. The van der Waals surface area contributed by atoms with E-state index in [0.717, 1.165) is 35.6 Å². The quantitative estimate of drug-likeness (QED) is 0.576. The standard InChI is InChI=1S/C17H18N4O2/c1-12-11-14(7-8-16(12)21(22)23)18-9-10-20-13(2)19-15-5-3-4-6-17(15)20/h3-8,11,18H,9-10H2,1-2H3. The van der Waals surface area contributed by atoms with Crippen molar-refractivity contribution in [3.05, 3.63) is 64.0 Å². The van der Waals surface area contributed by atoms with Crippen LogP contribution in [0.4, 0.5) is 11.4 Å². The molecule has 1 N–H and O–H groups in total. The molecule has 0 aliphatic carbocycles. The van der Waals surface area contributed by atoms with E-state index in [2.05, 4.69) is 20.9 Å². The highest BCUT2D eigenvalue weighted by Crippen LogP contribution is 2.21. The minimum absolute atomic E-state index is 0.145. The monoisotopic (exact) mass is 310 g/mol. The highest BCUT2D eigenvalue weighted by Gasteiger charge is 2.10. The van der Waals surface area contributed by atoms with E-state index in [1.165, 1.54) is 6.07 Å². The van der Waals surface area contributed by atoms with Crippen molar-refractivity contribution in [2.75, 3.05) is 11.9 Å². The Kier molecular flexibility index (Phi) is 3.97. The van der Waals surface area contributed by atoms with Crippen LogP contribution in [0.25, 0.3) is 11.0 Å². The number of aromatic nitrogens is 2. The first-order valence-electron chi connectivity index (χ1n) is 7.47. The SMILES string of the molecule is Cc1cc(NCCn2c(C)nc3ccccc32)ccc1[N+](=O)[O-]. The summed E-state index contributed by atoms with van der Waals surface area (Å²) in [5.41, 5.74) is 3.80. The number of rotatable bonds is 5. The largest absolute Gasteiger partial charge is 0.383 e. The van der Waals surface area contributed by atoms with Crippen molar-refractivity contribution in [1.29, 1.82) is 0 Å². The van der Waals surface area contributed by atoms with Gasteiger partial charge in [0.2, 0.25) is 0 Å². The predicted molar refractivity (Wildman–Crippen MR) is 90.8 cm³/mol. The van der Waals surface area contributed by atoms with Gasteiger partial charge in [0.05, 0.1) is 16.0 Å². The van der Waals surface area contributed by atoms with E-state index in [4.69, 9.17) is 0 Å². The van der Waals surface area contributed by atoms with E-state index in [1.54, 1.807) is 19.1 Å². The lowest BCUT2D eigenvalue weighted by atomic mass is 10.2. The average Bonchev–Trinajstić information content (AvgIpc) is 2.83. The Balaban J connectivity index is 1.70. The first-order valence-corrected chi connectivity index (χ1v) is 7.47. The van der Waals surface area contributed by atoms with Gasteiger partial charge in [-0.2, -0.15) is 0 Å². The summed E-state index contributed by atoms with van der Waals surface area (Å²) in [7, 11) is 0. The van der Waals surface area contributed by atoms with Crippen LogP contribution in [0.5, 0.6) is 0 Å². The molecule has 23 heavy (non-hydrogen) atoms. The lowest BCUT2D eigenvalue weighted by Crippen LogP contribution is -2.11. The number of imidazole rings is 1. The van der Waals surface area contributed by atoms with Crippen LogP contribution < -0.4 is 5.32 Å². The molecule has 0 fully saturated rings. The Morgan fingerprint density at radius 3 is 2.74 bits per heavy atom. The van der Waals surface area contributed by atoms with Crippen molar-refractivity contribution in [1.82, 2.24) is 9.55 Å². The summed E-state index contributed by atoms with van der Waals surface area (Å²) in [6, 6.07) is 13.1. The molecule has 6 nitrogen and oxygen atoms in total. The number of hydrogen-bond acceptors (Lipinski definition) is 4. The van der Waals surface area contributed by atoms with Gasteiger partial charge < -0.3 is 9.88 Å². The van der Waals surface area contributed by atoms with Crippen LogP contribution >= 0.6 is 0 Å². The third kappa shape index (κ3) is 3.01. The minimum Gasteiger partial charge on any atom is -0.383 e. The molecule has 2 aromatic carbocycles. The molecular formula is C17H18N4O2. The fourth-order valence-corrected chi connectivity index (χ4v) is 2.76. The summed E-state index contributed by atoms with van der Waals surface area (Å²) in [6.07, 6.45) is 0. The second-order valence-electron chi connectivity index (χ2n) is 5.48. The smallest absolute Gasteiger partial charge is 0.272 e. The van der Waals surface area contributed by atoms with Crippen molar-refractivity contribution in [3.8, 4) is 0 Å². The first-order chi connectivity index (χ1) is 11.1. The second kappa shape index (κ2) is 6.08. The van der Waals surface area contributed by atoms with Crippen LogP contribution in [0, 0.1) is 24.0 Å². The molecule has 1 heterocycles. The van der Waals surface area contributed by atoms with E-state index >= 15 is 0 Å². The van der Waals surface area contributed by atoms with E-state index in [1.807, 2.05) is 25.1 Å². The number of fused-ring (bicyclic) bond motifs is 1. The lowest BCUT2D eigenvalue weighted by Gasteiger charge is -2.10. The van der Waals surface area contributed by atoms with Crippen molar-refractivity contribution in [3.63, 3.8) is 0 Å². The van der Waals surface area contributed by atoms with Crippen molar-refractivity contribution >= 4 is 22.4 Å². The summed E-state index contributed by atoms with van der Waals surface area (Å²) in [5, 5.41) is 14.1. The number of nitrogens with zero attached hydrogens (tertiary/aromatic N) is 3. The summed E-state index contributed by atoms with van der Waals surface area (Å²) < 4.78 is 2.17. The molecule has 6 heteroatoms. The topological polar surface area (TPSA) is 73.0 Å². The van der Waals surface area contributed by atoms with E-state index < -0.39 is 0 Å². The second-order valence-corrected chi connectivity index (χ2v) is 5.48. The van der Waals surface area contributed by atoms with Gasteiger partial charge in [0.1, 0.15) is 5.82 Å². The van der Waals surface area contributed by atoms with Gasteiger partial charge in [0.25, 0.3) is 5.69 Å². The van der Waals surface area contributed by atoms with Gasteiger partial charge in [0, 0.05) is 30.4 Å². The molecular weight excluding hydrogens is 292 g/mol. The van der Waals surface area contributed by atoms with Gasteiger partial charge in [0.15, 0.2) is 0 Å². The third-order valence-corrected chi connectivity index (χ3v) is 3.90. The molecule has 3 aromatic rings. The zero-order chi connectivity index (χ0) is 16.4. The number of nitro groups is 1. The Morgan fingerprint density at radius 2 is 2.00 bits per heavy atom. The fraction of sp³-hybridized carbons (Fsp3) is 0.235. The molecule has 0 spiro atoms. The van der Waals surface area contributed by atoms with Gasteiger partial charge in [-0.15, -0.1) is 0 Å². The number of para-hydroxylation sites is 2. The number of hydrogen-bond donors (Lipinski definition) is 1. The molecule has 0 radical (unpaired) electrons. The Labute approximate surface area is 133 Å². The molecule has 0 saturated carbocycles. The summed E-state index contributed by atoms with van der Waals surface area (Å²) in [6.45, 7) is 5.24. The molecule has 0 atom stereocenters. The molecule has 0 amide bonds. The molecule has 0 unspecified atom stereocenters. The highest BCUT2D eigenvalue weighted by atomic mass is 16.6. The zero-order valence-electron chi connectivity index (χ0n) is 13.1. The number of nitrogens with one attached hydrogen (secondary N) is 1. The number of anilines is 1. The van der Waals surface area contributed by atoms with Crippen molar-refractivity contribution in [2.24, 2.45) is 0 Å². The van der Waals surface area contributed by atoms with Gasteiger partial charge in [-0.3, -0.25) is 10.1 Å². The first kappa shape index (κ1) is 15.0. The van der Waals surface area contributed by atoms with Crippen molar-refractivity contribution < 1.29 is 4.92 Å².